The Balaban J connectivity index is 2.47. The van der Waals surface area contributed by atoms with Gasteiger partial charge in [-0.25, -0.2) is 0 Å². The molecule has 0 aromatic heterocycles. The molecule has 2 nitrogen and oxygen atoms in total. The van der Waals surface area contributed by atoms with Gasteiger partial charge in [0.05, 0.1) is 0 Å². The van der Waals surface area contributed by atoms with E-state index >= 15 is 0 Å². The Morgan fingerprint density at radius 3 is 2.71 bits per heavy atom. The second-order valence-electron chi connectivity index (χ2n) is 6.60. The van der Waals surface area contributed by atoms with Crippen LogP contribution < -0.4 is 0 Å². The van der Waals surface area contributed by atoms with E-state index in [4.69, 9.17) is 0 Å². The van der Waals surface area contributed by atoms with E-state index in [0.29, 0.717) is 5.92 Å². The monoisotopic (exact) mass is 239 g/mol. The topological polar surface area (TPSA) is 20.3 Å². The van der Waals surface area contributed by atoms with E-state index in [1.165, 1.54) is 25.5 Å². The number of hydrogen-bond acceptors (Lipinski definition) is 2. The van der Waals surface area contributed by atoms with Crippen molar-refractivity contribution in [3.8, 4) is 0 Å². The minimum atomic E-state index is -0.0522. The van der Waals surface area contributed by atoms with Crippen molar-refractivity contribution in [2.45, 2.75) is 52.9 Å². The van der Waals surface area contributed by atoms with Crippen molar-refractivity contribution in [3.63, 3.8) is 0 Å². The van der Waals surface area contributed by atoms with Crippen molar-refractivity contribution >= 4 is 6.29 Å². The molecule has 2 atom stereocenters. The number of nitrogens with zero attached hydrogens (tertiary/aromatic N) is 1. The summed E-state index contributed by atoms with van der Waals surface area (Å²) in [5.41, 5.74) is -0.0522. The molecule has 0 aliphatic heterocycles. The molecular formula is C15H29NO. The molecule has 1 rings (SSSR count). The van der Waals surface area contributed by atoms with Crippen LogP contribution in [0.3, 0.4) is 0 Å². The first-order chi connectivity index (χ1) is 7.97. The zero-order valence-corrected chi connectivity index (χ0v) is 12.0. The van der Waals surface area contributed by atoms with Gasteiger partial charge >= 0.3 is 0 Å². The first-order valence-electron chi connectivity index (χ1n) is 7.12. The summed E-state index contributed by atoms with van der Waals surface area (Å²) < 4.78 is 0. The minimum Gasteiger partial charge on any atom is -0.305 e. The molecule has 0 radical (unpaired) electrons. The lowest BCUT2D eigenvalue weighted by Crippen LogP contribution is -2.40. The molecule has 0 amide bonds. The molecule has 1 saturated carbocycles. The summed E-state index contributed by atoms with van der Waals surface area (Å²) >= 11 is 0. The van der Waals surface area contributed by atoms with Gasteiger partial charge in [0, 0.05) is 12.0 Å². The van der Waals surface area contributed by atoms with Gasteiger partial charge in [0.2, 0.25) is 0 Å². The maximum atomic E-state index is 11.5. The van der Waals surface area contributed by atoms with E-state index < -0.39 is 0 Å². The van der Waals surface area contributed by atoms with Gasteiger partial charge in [0.15, 0.2) is 0 Å². The fraction of sp³-hybridized carbons (Fsp3) is 0.933. The summed E-state index contributed by atoms with van der Waals surface area (Å²) in [6.07, 6.45) is 7.16. The summed E-state index contributed by atoms with van der Waals surface area (Å²) in [6, 6.07) is 0. The second kappa shape index (κ2) is 6.53. The van der Waals surface area contributed by atoms with Crippen LogP contribution in [-0.2, 0) is 4.79 Å². The third-order valence-corrected chi connectivity index (χ3v) is 4.05. The zero-order chi connectivity index (χ0) is 12.9. The Kier molecular flexibility index (Phi) is 5.64. The predicted octanol–water partition coefficient (Wildman–Crippen LogP) is 3.36. The smallest absolute Gasteiger partial charge is 0.127 e. The van der Waals surface area contributed by atoms with Crippen LogP contribution >= 0.6 is 0 Å². The summed E-state index contributed by atoms with van der Waals surface area (Å²) in [5.74, 6) is 1.46. The van der Waals surface area contributed by atoms with E-state index in [1.54, 1.807) is 0 Å². The molecule has 2 heteroatoms. The Hall–Kier alpha value is -0.370. The van der Waals surface area contributed by atoms with E-state index in [2.05, 4.69) is 32.7 Å². The van der Waals surface area contributed by atoms with Crippen molar-refractivity contribution in [1.29, 1.82) is 0 Å². The normalized spacial score (nSPS) is 29.9. The fourth-order valence-corrected chi connectivity index (χ4v) is 3.08. The summed E-state index contributed by atoms with van der Waals surface area (Å²) in [4.78, 5) is 13.8. The molecule has 17 heavy (non-hydrogen) atoms. The van der Waals surface area contributed by atoms with Crippen LogP contribution in [0.25, 0.3) is 0 Å². The Bertz CT molecular complexity index is 239. The summed E-state index contributed by atoms with van der Waals surface area (Å²) in [5, 5.41) is 0. The van der Waals surface area contributed by atoms with Gasteiger partial charge in [-0.15, -0.1) is 0 Å². The molecule has 0 aromatic rings. The molecule has 1 fully saturated rings. The van der Waals surface area contributed by atoms with Crippen LogP contribution in [0.2, 0.25) is 0 Å². The van der Waals surface area contributed by atoms with Crippen LogP contribution in [0.15, 0.2) is 0 Å². The first kappa shape index (κ1) is 14.7. The molecule has 0 bridgehead atoms. The lowest BCUT2D eigenvalue weighted by Gasteiger charge is -2.38. The highest BCUT2D eigenvalue weighted by Crippen LogP contribution is 2.38. The third-order valence-electron chi connectivity index (χ3n) is 4.05. The molecule has 0 heterocycles. The van der Waals surface area contributed by atoms with Gasteiger partial charge in [0.25, 0.3) is 0 Å². The predicted molar refractivity (Wildman–Crippen MR) is 73.1 cm³/mol. The number of rotatable bonds is 6. The first-order valence-corrected chi connectivity index (χ1v) is 7.12. The standard InChI is InChI=1S/C15H29NO/c1-13(2)7-9-16(4)11-15(12-17)8-5-6-14(3)10-15/h12-14H,5-11H2,1-4H3. The molecule has 0 spiro atoms. The van der Waals surface area contributed by atoms with Crippen molar-refractivity contribution in [3.05, 3.63) is 0 Å². The van der Waals surface area contributed by atoms with Gasteiger partial charge in [0.1, 0.15) is 6.29 Å². The zero-order valence-electron chi connectivity index (χ0n) is 12.0. The largest absolute Gasteiger partial charge is 0.305 e. The summed E-state index contributed by atoms with van der Waals surface area (Å²) in [7, 11) is 2.16. The van der Waals surface area contributed by atoms with Crippen molar-refractivity contribution in [2.24, 2.45) is 17.3 Å². The van der Waals surface area contributed by atoms with Crippen LogP contribution in [-0.4, -0.2) is 31.3 Å². The fourth-order valence-electron chi connectivity index (χ4n) is 3.08. The number of carbonyl (C=O) groups excluding carboxylic acids is 1. The van der Waals surface area contributed by atoms with Crippen molar-refractivity contribution < 1.29 is 4.79 Å². The maximum Gasteiger partial charge on any atom is 0.127 e. The van der Waals surface area contributed by atoms with E-state index in [1.807, 2.05) is 0 Å². The van der Waals surface area contributed by atoms with E-state index in [-0.39, 0.29) is 5.41 Å². The van der Waals surface area contributed by atoms with Gasteiger partial charge in [-0.3, -0.25) is 0 Å². The average molecular weight is 239 g/mol. The van der Waals surface area contributed by atoms with Crippen LogP contribution in [0.5, 0.6) is 0 Å². The van der Waals surface area contributed by atoms with Gasteiger partial charge in [-0.05, 0) is 44.7 Å². The van der Waals surface area contributed by atoms with E-state index in [0.717, 1.165) is 31.8 Å². The van der Waals surface area contributed by atoms with Crippen molar-refractivity contribution in [1.82, 2.24) is 4.90 Å². The lowest BCUT2D eigenvalue weighted by atomic mass is 9.70. The third kappa shape index (κ3) is 4.79. The quantitative estimate of drug-likeness (QED) is 0.662. The molecule has 0 N–H and O–H groups in total. The molecule has 2 unspecified atom stereocenters. The van der Waals surface area contributed by atoms with E-state index in [9.17, 15) is 4.79 Å². The highest BCUT2D eigenvalue weighted by Gasteiger charge is 2.35. The van der Waals surface area contributed by atoms with Gasteiger partial charge in [-0.1, -0.05) is 33.6 Å². The second-order valence-corrected chi connectivity index (χ2v) is 6.60. The minimum absolute atomic E-state index is 0.0522. The number of aldehydes is 1. The maximum absolute atomic E-state index is 11.5. The highest BCUT2D eigenvalue weighted by atomic mass is 16.1. The van der Waals surface area contributed by atoms with Crippen LogP contribution in [0.1, 0.15) is 52.9 Å². The molecular weight excluding hydrogens is 210 g/mol. The Morgan fingerprint density at radius 1 is 1.47 bits per heavy atom. The van der Waals surface area contributed by atoms with Gasteiger partial charge < -0.3 is 9.69 Å². The average Bonchev–Trinajstić information content (AvgIpc) is 2.26. The van der Waals surface area contributed by atoms with Crippen LogP contribution in [0, 0.1) is 17.3 Å². The highest BCUT2D eigenvalue weighted by molar-refractivity contribution is 5.60. The molecule has 1 aliphatic rings. The Labute approximate surface area is 107 Å². The van der Waals surface area contributed by atoms with Gasteiger partial charge in [-0.2, -0.15) is 0 Å². The lowest BCUT2D eigenvalue weighted by molar-refractivity contribution is -0.119. The molecule has 0 aromatic carbocycles. The molecule has 0 saturated heterocycles. The molecule has 100 valence electrons. The SMILES string of the molecule is CC(C)CCN(C)CC1(C=O)CCCC(C)C1. The van der Waals surface area contributed by atoms with Crippen LogP contribution in [0.4, 0.5) is 0 Å². The Morgan fingerprint density at radius 2 is 2.18 bits per heavy atom. The number of hydrogen-bond donors (Lipinski definition) is 0. The summed E-state index contributed by atoms with van der Waals surface area (Å²) in [6.45, 7) is 8.86. The number of carbonyl (C=O) groups is 1. The molecule has 1 aliphatic carbocycles. The van der Waals surface area contributed by atoms with Crippen molar-refractivity contribution in [2.75, 3.05) is 20.1 Å².